The van der Waals surface area contributed by atoms with E-state index in [1.165, 1.54) is 17.0 Å². The van der Waals surface area contributed by atoms with E-state index in [2.05, 4.69) is 0 Å². The Kier molecular flexibility index (Phi) is 5.88. The Labute approximate surface area is 124 Å². The Morgan fingerprint density at radius 1 is 1.19 bits per heavy atom. The van der Waals surface area contributed by atoms with Gasteiger partial charge in [0.25, 0.3) is 0 Å². The molecule has 1 aromatic rings. The summed E-state index contributed by atoms with van der Waals surface area (Å²) in [6, 6.07) is 5.91. The number of rotatable bonds is 7. The summed E-state index contributed by atoms with van der Waals surface area (Å²) < 4.78 is 12.8. The lowest BCUT2D eigenvalue weighted by Crippen LogP contribution is -2.37. The van der Waals surface area contributed by atoms with Gasteiger partial charge < -0.3 is 10.0 Å². The number of carboxylic acids is 1. The molecule has 0 fully saturated rings. The number of amides is 1. The second kappa shape index (κ2) is 7.20. The van der Waals surface area contributed by atoms with Gasteiger partial charge in [-0.15, -0.1) is 0 Å². The van der Waals surface area contributed by atoms with Gasteiger partial charge in [0, 0.05) is 20.0 Å². The third kappa shape index (κ3) is 4.28. The van der Waals surface area contributed by atoms with Crippen molar-refractivity contribution < 1.29 is 19.1 Å². The second-order valence-electron chi connectivity index (χ2n) is 5.35. The van der Waals surface area contributed by atoms with Gasteiger partial charge >= 0.3 is 5.97 Å². The van der Waals surface area contributed by atoms with Crippen LogP contribution in [0.3, 0.4) is 0 Å². The van der Waals surface area contributed by atoms with Gasteiger partial charge in [-0.3, -0.25) is 9.59 Å². The zero-order valence-electron chi connectivity index (χ0n) is 12.7. The number of hydrogen-bond donors (Lipinski definition) is 1. The van der Waals surface area contributed by atoms with Gasteiger partial charge in [0.1, 0.15) is 5.82 Å². The Bertz CT molecular complexity index is 495. The molecule has 21 heavy (non-hydrogen) atoms. The van der Waals surface area contributed by atoms with E-state index in [1.54, 1.807) is 33.0 Å². The van der Waals surface area contributed by atoms with Crippen LogP contribution in [0.25, 0.3) is 0 Å². The number of carboxylic acid groups (broad SMARTS) is 1. The fourth-order valence-corrected chi connectivity index (χ4v) is 2.25. The molecule has 0 aliphatic rings. The quantitative estimate of drug-likeness (QED) is 0.841. The summed E-state index contributed by atoms with van der Waals surface area (Å²) in [6.07, 6.45) is 0.803. The summed E-state index contributed by atoms with van der Waals surface area (Å²) in [5.41, 5.74) is -0.199. The second-order valence-corrected chi connectivity index (χ2v) is 5.35. The van der Waals surface area contributed by atoms with Crippen molar-refractivity contribution in [3.8, 4) is 0 Å². The van der Waals surface area contributed by atoms with Crippen LogP contribution in [0, 0.1) is 11.2 Å². The Morgan fingerprint density at radius 3 is 2.14 bits per heavy atom. The zero-order valence-corrected chi connectivity index (χ0v) is 12.7. The van der Waals surface area contributed by atoms with Gasteiger partial charge in [0.15, 0.2) is 0 Å². The Hall–Kier alpha value is -1.91. The van der Waals surface area contributed by atoms with E-state index in [1.807, 2.05) is 0 Å². The van der Waals surface area contributed by atoms with Crippen molar-refractivity contribution >= 4 is 11.9 Å². The number of aliphatic carboxylic acids is 1. The fourth-order valence-electron chi connectivity index (χ4n) is 2.25. The molecule has 116 valence electrons. The molecular formula is C16H22FNO3. The molecular weight excluding hydrogens is 273 g/mol. The molecule has 1 N–H and O–H groups in total. The average Bonchev–Trinajstić information content (AvgIpc) is 2.46. The van der Waals surface area contributed by atoms with Crippen LogP contribution < -0.4 is 0 Å². The van der Waals surface area contributed by atoms with Gasteiger partial charge in [-0.05, 0) is 30.5 Å². The van der Waals surface area contributed by atoms with Gasteiger partial charge in [0.2, 0.25) is 5.91 Å². The SMILES string of the molecule is CCC(CC)(CC(=O)N(C)Cc1ccc(F)cc1)C(=O)O. The molecule has 5 heteroatoms. The number of halogens is 1. The van der Waals surface area contributed by atoms with Crippen LogP contribution in [-0.4, -0.2) is 28.9 Å². The minimum absolute atomic E-state index is 0.0208. The minimum atomic E-state index is -1.01. The van der Waals surface area contributed by atoms with E-state index >= 15 is 0 Å². The highest BCUT2D eigenvalue weighted by molar-refractivity contribution is 5.84. The van der Waals surface area contributed by atoms with Crippen molar-refractivity contribution in [1.29, 1.82) is 0 Å². The molecule has 0 spiro atoms. The molecule has 4 nitrogen and oxygen atoms in total. The van der Waals surface area contributed by atoms with Crippen LogP contribution in [0.4, 0.5) is 4.39 Å². The lowest BCUT2D eigenvalue weighted by Gasteiger charge is -2.28. The zero-order chi connectivity index (χ0) is 16.0. The summed E-state index contributed by atoms with van der Waals surface area (Å²) in [7, 11) is 1.63. The van der Waals surface area contributed by atoms with Crippen LogP contribution in [0.15, 0.2) is 24.3 Å². The van der Waals surface area contributed by atoms with Crippen LogP contribution in [0.1, 0.15) is 38.7 Å². The van der Waals surface area contributed by atoms with Crippen LogP contribution in [-0.2, 0) is 16.1 Å². The molecule has 0 aromatic heterocycles. The van der Waals surface area contributed by atoms with Crippen molar-refractivity contribution in [3.05, 3.63) is 35.6 Å². The Balaban J connectivity index is 2.73. The number of carbonyl (C=O) groups is 2. The van der Waals surface area contributed by atoms with E-state index in [9.17, 15) is 19.1 Å². The summed E-state index contributed by atoms with van der Waals surface area (Å²) in [5, 5.41) is 9.36. The first-order valence-electron chi connectivity index (χ1n) is 7.06. The molecule has 0 aliphatic heterocycles. The maximum atomic E-state index is 12.8. The van der Waals surface area contributed by atoms with E-state index < -0.39 is 11.4 Å². The lowest BCUT2D eigenvalue weighted by molar-refractivity contribution is -0.154. The predicted molar refractivity (Wildman–Crippen MR) is 78.1 cm³/mol. The van der Waals surface area contributed by atoms with Crippen molar-refractivity contribution in [2.75, 3.05) is 7.05 Å². The maximum absolute atomic E-state index is 12.8. The van der Waals surface area contributed by atoms with Crippen molar-refractivity contribution in [3.63, 3.8) is 0 Å². The smallest absolute Gasteiger partial charge is 0.310 e. The summed E-state index contributed by atoms with van der Waals surface area (Å²) in [4.78, 5) is 25.1. The molecule has 0 unspecified atom stereocenters. The molecule has 1 aromatic carbocycles. The molecule has 1 amide bonds. The van der Waals surface area contributed by atoms with Crippen LogP contribution in [0.5, 0.6) is 0 Å². The summed E-state index contributed by atoms with van der Waals surface area (Å²) in [5.74, 6) is -1.48. The van der Waals surface area contributed by atoms with E-state index in [4.69, 9.17) is 0 Å². The van der Waals surface area contributed by atoms with Crippen LogP contribution in [0.2, 0.25) is 0 Å². The average molecular weight is 295 g/mol. The predicted octanol–water partition coefficient (Wildman–Crippen LogP) is 3.07. The Morgan fingerprint density at radius 2 is 1.71 bits per heavy atom. The number of nitrogens with zero attached hydrogens (tertiary/aromatic N) is 1. The molecule has 0 atom stereocenters. The maximum Gasteiger partial charge on any atom is 0.310 e. The minimum Gasteiger partial charge on any atom is -0.481 e. The summed E-state index contributed by atoms with van der Waals surface area (Å²) >= 11 is 0. The molecule has 0 radical (unpaired) electrons. The number of hydrogen-bond acceptors (Lipinski definition) is 2. The van der Waals surface area contributed by atoms with Crippen molar-refractivity contribution in [2.24, 2.45) is 5.41 Å². The largest absolute Gasteiger partial charge is 0.481 e. The molecule has 0 saturated carbocycles. The monoisotopic (exact) mass is 295 g/mol. The highest BCUT2D eigenvalue weighted by atomic mass is 19.1. The van der Waals surface area contributed by atoms with Gasteiger partial charge in [-0.1, -0.05) is 26.0 Å². The number of carbonyl (C=O) groups excluding carboxylic acids is 1. The third-order valence-electron chi connectivity index (χ3n) is 4.06. The topological polar surface area (TPSA) is 57.6 Å². The van der Waals surface area contributed by atoms with Crippen LogP contribution >= 0.6 is 0 Å². The summed E-state index contributed by atoms with van der Waals surface area (Å²) in [6.45, 7) is 3.90. The van der Waals surface area contributed by atoms with Gasteiger partial charge in [0.05, 0.1) is 5.41 Å². The van der Waals surface area contributed by atoms with Crippen molar-refractivity contribution in [2.45, 2.75) is 39.7 Å². The van der Waals surface area contributed by atoms with E-state index in [-0.39, 0.29) is 18.1 Å². The van der Waals surface area contributed by atoms with Crippen molar-refractivity contribution in [1.82, 2.24) is 4.90 Å². The first-order valence-corrected chi connectivity index (χ1v) is 7.06. The third-order valence-corrected chi connectivity index (χ3v) is 4.06. The highest BCUT2D eigenvalue weighted by Crippen LogP contribution is 2.31. The molecule has 0 aliphatic carbocycles. The van der Waals surface area contributed by atoms with E-state index in [0.717, 1.165) is 5.56 Å². The number of benzene rings is 1. The lowest BCUT2D eigenvalue weighted by atomic mass is 9.79. The molecule has 1 rings (SSSR count). The van der Waals surface area contributed by atoms with Gasteiger partial charge in [-0.2, -0.15) is 0 Å². The van der Waals surface area contributed by atoms with Gasteiger partial charge in [-0.25, -0.2) is 4.39 Å². The first-order chi connectivity index (χ1) is 9.84. The standard InChI is InChI=1S/C16H22FNO3/c1-4-16(5-2,15(20)21)10-14(19)18(3)11-12-6-8-13(17)9-7-12/h6-9H,4-5,10-11H2,1-3H3,(H,20,21). The molecule has 0 heterocycles. The van der Waals surface area contributed by atoms with E-state index in [0.29, 0.717) is 19.4 Å². The molecule has 0 bridgehead atoms. The fraction of sp³-hybridized carbons (Fsp3) is 0.500. The normalized spacial score (nSPS) is 11.2. The first kappa shape index (κ1) is 17.1. The highest BCUT2D eigenvalue weighted by Gasteiger charge is 2.37. The molecule has 0 saturated heterocycles.